The number of aliphatic hydroxyl groups is 2. The van der Waals surface area contributed by atoms with Crippen LogP contribution in [0.3, 0.4) is 0 Å². The quantitative estimate of drug-likeness (QED) is 0.511. The molecule has 1 aromatic heterocycles. The zero-order valence-electron chi connectivity index (χ0n) is 18.9. The van der Waals surface area contributed by atoms with Crippen LogP contribution in [0.1, 0.15) is 22.7 Å². The number of hydrogen-bond donors (Lipinski definition) is 2. The van der Waals surface area contributed by atoms with Crippen molar-refractivity contribution in [3.63, 3.8) is 0 Å². The molecule has 0 saturated carbocycles. The van der Waals surface area contributed by atoms with Crippen molar-refractivity contribution in [1.29, 1.82) is 0 Å². The summed E-state index contributed by atoms with van der Waals surface area (Å²) in [6.45, 7) is -0.582. The minimum atomic E-state index is -1.33. The molecule has 1 aliphatic rings. The molecule has 0 spiro atoms. The van der Waals surface area contributed by atoms with E-state index in [1.165, 1.54) is 4.90 Å². The lowest BCUT2D eigenvalue weighted by molar-refractivity contribution is -0.143. The highest BCUT2D eigenvalue weighted by atomic mass is 35.5. The molecule has 1 amide bonds. The van der Waals surface area contributed by atoms with Crippen molar-refractivity contribution in [2.75, 3.05) is 20.7 Å². The molecule has 0 radical (unpaired) electrons. The van der Waals surface area contributed by atoms with Crippen LogP contribution in [0.15, 0.2) is 66.9 Å². The van der Waals surface area contributed by atoms with Crippen LogP contribution >= 0.6 is 23.2 Å². The van der Waals surface area contributed by atoms with E-state index in [2.05, 4.69) is 4.98 Å². The van der Waals surface area contributed by atoms with Gasteiger partial charge >= 0.3 is 0 Å². The highest BCUT2D eigenvalue weighted by Crippen LogP contribution is 2.53. The zero-order valence-corrected chi connectivity index (χ0v) is 20.4. The number of benzene rings is 2. The molecule has 178 valence electrons. The Labute approximate surface area is 208 Å². The summed E-state index contributed by atoms with van der Waals surface area (Å²) < 4.78 is 6.67. The molecule has 4 atom stereocenters. The Morgan fingerprint density at radius 2 is 1.79 bits per heavy atom. The smallest absolute Gasteiger partial charge is 0.228 e. The number of halogens is 2. The number of aromatic nitrogens is 1. The van der Waals surface area contributed by atoms with Crippen LogP contribution in [0, 0.1) is 5.92 Å². The van der Waals surface area contributed by atoms with E-state index < -0.39 is 30.1 Å². The van der Waals surface area contributed by atoms with Gasteiger partial charge in [0.2, 0.25) is 5.91 Å². The third-order valence-electron chi connectivity index (χ3n) is 6.30. The molecule has 2 heterocycles. The first-order valence-electron chi connectivity index (χ1n) is 10.9. The number of carbonyl (C=O) groups is 1. The van der Waals surface area contributed by atoms with E-state index in [1.807, 2.05) is 42.5 Å². The first-order valence-corrected chi connectivity index (χ1v) is 11.7. The van der Waals surface area contributed by atoms with Crippen LogP contribution in [0.25, 0.3) is 0 Å². The summed E-state index contributed by atoms with van der Waals surface area (Å²) in [4.78, 5) is 19.4. The highest BCUT2D eigenvalue weighted by molar-refractivity contribution is 6.30. The molecule has 34 heavy (non-hydrogen) atoms. The maximum absolute atomic E-state index is 13.5. The van der Waals surface area contributed by atoms with Crippen LogP contribution in [-0.2, 0) is 16.8 Å². The summed E-state index contributed by atoms with van der Waals surface area (Å²) in [5, 5.41) is 21.9. The largest absolute Gasteiger partial charge is 0.480 e. The minimum absolute atomic E-state index is 0.325. The van der Waals surface area contributed by atoms with Gasteiger partial charge in [-0.15, -0.1) is 0 Å². The fraction of sp³-hybridized carbons (Fsp3) is 0.308. The summed E-state index contributed by atoms with van der Waals surface area (Å²) in [5.41, 5.74) is 1.11. The Morgan fingerprint density at radius 3 is 2.41 bits per heavy atom. The summed E-state index contributed by atoms with van der Waals surface area (Å²) in [6.07, 6.45) is 0.563. The van der Waals surface area contributed by atoms with E-state index in [4.69, 9.17) is 27.9 Å². The van der Waals surface area contributed by atoms with Gasteiger partial charge in [0.15, 0.2) is 0 Å². The van der Waals surface area contributed by atoms with E-state index in [-0.39, 0.29) is 5.91 Å². The van der Waals surface area contributed by atoms with Gasteiger partial charge in [-0.05, 0) is 23.3 Å². The summed E-state index contributed by atoms with van der Waals surface area (Å²) in [6, 6.07) is 18.4. The number of aliphatic hydroxyl groups excluding tert-OH is 2. The van der Waals surface area contributed by atoms with Gasteiger partial charge in [-0.25, -0.2) is 0 Å². The Balaban J connectivity index is 1.99. The molecule has 0 unspecified atom stereocenters. The first-order chi connectivity index (χ1) is 16.3. The van der Waals surface area contributed by atoms with Gasteiger partial charge in [0.1, 0.15) is 11.4 Å². The maximum atomic E-state index is 13.5. The van der Waals surface area contributed by atoms with Crippen LogP contribution in [0.5, 0.6) is 5.75 Å². The average molecular weight is 501 g/mol. The molecule has 6 nitrogen and oxygen atoms in total. The molecule has 0 saturated heterocycles. The van der Waals surface area contributed by atoms with Crippen molar-refractivity contribution in [2.24, 2.45) is 5.92 Å². The van der Waals surface area contributed by atoms with E-state index in [1.54, 1.807) is 38.5 Å². The second kappa shape index (κ2) is 9.92. The van der Waals surface area contributed by atoms with Gasteiger partial charge in [0, 0.05) is 43.7 Å². The number of nitrogens with zero attached hydrogens (tertiary/aromatic N) is 2. The number of pyridine rings is 1. The third-order valence-corrected chi connectivity index (χ3v) is 6.76. The van der Waals surface area contributed by atoms with Crippen molar-refractivity contribution >= 4 is 29.1 Å². The summed E-state index contributed by atoms with van der Waals surface area (Å²) in [7, 11) is 3.25. The van der Waals surface area contributed by atoms with Gasteiger partial charge in [0.25, 0.3) is 0 Å². The first kappa shape index (κ1) is 24.5. The predicted molar refractivity (Wildman–Crippen MR) is 131 cm³/mol. The molecule has 0 bridgehead atoms. The van der Waals surface area contributed by atoms with Gasteiger partial charge in [-0.3, -0.25) is 9.78 Å². The molecule has 0 aliphatic carbocycles. The molecular weight excluding hydrogens is 475 g/mol. The van der Waals surface area contributed by atoms with E-state index in [0.717, 1.165) is 11.1 Å². The van der Waals surface area contributed by atoms with Crippen molar-refractivity contribution < 1.29 is 19.7 Å². The third kappa shape index (κ3) is 4.51. The Morgan fingerprint density at radius 1 is 1.12 bits per heavy atom. The van der Waals surface area contributed by atoms with Gasteiger partial charge < -0.3 is 19.8 Å². The lowest BCUT2D eigenvalue weighted by Crippen LogP contribution is -2.51. The zero-order chi connectivity index (χ0) is 24.5. The van der Waals surface area contributed by atoms with E-state index in [9.17, 15) is 15.0 Å². The number of carbonyl (C=O) groups excluding carboxylic acids is 1. The van der Waals surface area contributed by atoms with Crippen molar-refractivity contribution in [3.8, 4) is 5.75 Å². The van der Waals surface area contributed by atoms with Crippen LogP contribution < -0.4 is 4.74 Å². The van der Waals surface area contributed by atoms with Crippen LogP contribution in [0.4, 0.5) is 0 Å². The topological polar surface area (TPSA) is 82.9 Å². The lowest BCUT2D eigenvalue weighted by Gasteiger charge is -2.43. The summed E-state index contributed by atoms with van der Waals surface area (Å²) in [5.74, 6) is -1.50. The number of fused-ring (bicyclic) bond motifs is 1. The molecule has 1 aliphatic heterocycles. The van der Waals surface area contributed by atoms with Crippen molar-refractivity contribution in [2.45, 2.75) is 24.0 Å². The molecule has 4 rings (SSSR count). The van der Waals surface area contributed by atoms with Crippen molar-refractivity contribution in [1.82, 2.24) is 9.88 Å². The van der Waals surface area contributed by atoms with Crippen LogP contribution in [-0.4, -0.2) is 52.8 Å². The molecular formula is C26H26Cl2N2O4. The monoisotopic (exact) mass is 500 g/mol. The normalized spacial score (nSPS) is 19.6. The van der Waals surface area contributed by atoms with E-state index in [0.29, 0.717) is 27.9 Å². The van der Waals surface area contributed by atoms with Crippen LogP contribution in [0.2, 0.25) is 10.0 Å². The minimum Gasteiger partial charge on any atom is -0.480 e. The average Bonchev–Trinajstić information content (AvgIpc) is 3.21. The standard InChI is InChI=1S/C26H26Cl2N2O4/c1-30(2)25(33)23(21(32)15-31)24(16-6-4-3-5-7-16)26(17-8-10-18(27)11-9-17)13-20-22(34-26)12-19(28)14-29-20/h3-12,14,21,23-24,31-32H,13,15H2,1-2H3/t21-,23-,24+,26-/m0/s1. The molecule has 2 N–H and O–H groups in total. The fourth-order valence-corrected chi connectivity index (χ4v) is 5.04. The van der Waals surface area contributed by atoms with Gasteiger partial charge in [-0.2, -0.15) is 0 Å². The number of hydrogen-bond acceptors (Lipinski definition) is 5. The summed E-state index contributed by atoms with van der Waals surface area (Å²) >= 11 is 12.4. The predicted octanol–water partition coefficient (Wildman–Crippen LogP) is 4.06. The molecule has 3 aromatic rings. The lowest BCUT2D eigenvalue weighted by atomic mass is 9.67. The van der Waals surface area contributed by atoms with E-state index >= 15 is 0 Å². The maximum Gasteiger partial charge on any atom is 0.228 e. The number of ether oxygens (including phenoxy) is 1. The van der Waals surface area contributed by atoms with Gasteiger partial charge in [-0.1, -0.05) is 65.7 Å². The molecule has 8 heteroatoms. The van der Waals surface area contributed by atoms with Crippen molar-refractivity contribution in [3.05, 3.63) is 93.7 Å². The number of rotatable bonds is 7. The SMILES string of the molecule is CN(C)C(=O)[C@H]([C@@H](c1ccccc1)[C@@]1(c2ccc(Cl)cc2)Cc2ncc(Cl)cc2O1)[C@@H](O)CO. The second-order valence-electron chi connectivity index (χ2n) is 8.67. The Kier molecular flexibility index (Phi) is 7.14. The molecule has 0 fully saturated rings. The Hall–Kier alpha value is -2.64. The second-order valence-corrected chi connectivity index (χ2v) is 9.54. The Bertz CT molecular complexity index is 1160. The highest BCUT2D eigenvalue weighted by Gasteiger charge is 2.55. The van der Waals surface area contributed by atoms with Gasteiger partial charge in [0.05, 0.1) is 29.3 Å². The molecule has 2 aromatic carbocycles. The number of amides is 1. The fourth-order valence-electron chi connectivity index (χ4n) is 4.77.